The van der Waals surface area contributed by atoms with Crippen molar-refractivity contribution < 1.29 is 18.4 Å². The maximum atomic E-state index is 13.7. The molecule has 2 N–H and O–H groups in total. The second-order valence-corrected chi connectivity index (χ2v) is 5.19. The molecule has 1 saturated heterocycles. The zero-order valence-corrected chi connectivity index (χ0v) is 11.5. The van der Waals surface area contributed by atoms with Gasteiger partial charge in [0.2, 0.25) is 5.91 Å². The lowest BCUT2D eigenvalue weighted by molar-refractivity contribution is -0.122. The van der Waals surface area contributed by atoms with Crippen molar-refractivity contribution in [1.29, 1.82) is 0 Å². The molecule has 1 aromatic heterocycles. The number of nitrogens with one attached hydrogen (secondary N) is 2. The zero-order chi connectivity index (χ0) is 15.0. The molecule has 1 fully saturated rings. The lowest BCUT2D eigenvalue weighted by Gasteiger charge is -2.23. The Labute approximate surface area is 120 Å². The zero-order valence-electron chi connectivity index (χ0n) is 11.5. The first-order chi connectivity index (χ1) is 10.1. The molecule has 3 rings (SSSR count). The number of para-hydroxylation sites is 1. The van der Waals surface area contributed by atoms with Gasteiger partial charge >= 0.3 is 0 Å². The largest absolute Gasteiger partial charge is 0.448 e. The number of carbonyl (C=O) groups is 2. The number of halogens is 1. The van der Waals surface area contributed by atoms with Crippen LogP contribution in [0.2, 0.25) is 0 Å². The lowest BCUT2D eigenvalue weighted by atomic mass is 10.1. The summed E-state index contributed by atoms with van der Waals surface area (Å²) in [6.45, 7) is 2.13. The minimum Gasteiger partial charge on any atom is -0.448 e. The number of benzene rings is 1. The van der Waals surface area contributed by atoms with E-state index in [9.17, 15) is 14.0 Å². The summed E-state index contributed by atoms with van der Waals surface area (Å²) < 4.78 is 19.1. The van der Waals surface area contributed by atoms with Gasteiger partial charge in [0, 0.05) is 30.0 Å². The van der Waals surface area contributed by atoms with Gasteiger partial charge in [-0.1, -0.05) is 12.1 Å². The minimum atomic E-state index is -0.487. The first kappa shape index (κ1) is 13.6. The summed E-state index contributed by atoms with van der Waals surface area (Å²) in [6.07, 6.45) is 0.976. The molecule has 0 radical (unpaired) electrons. The molecule has 2 heterocycles. The van der Waals surface area contributed by atoms with Crippen molar-refractivity contribution in [3.05, 3.63) is 35.3 Å². The van der Waals surface area contributed by atoms with Gasteiger partial charge in [0.15, 0.2) is 17.2 Å². The van der Waals surface area contributed by atoms with E-state index in [2.05, 4.69) is 10.6 Å². The first-order valence-corrected chi connectivity index (χ1v) is 6.81. The van der Waals surface area contributed by atoms with Crippen molar-refractivity contribution in [2.45, 2.75) is 25.8 Å². The lowest BCUT2D eigenvalue weighted by Crippen LogP contribution is -2.47. The highest BCUT2D eigenvalue weighted by Crippen LogP contribution is 2.27. The van der Waals surface area contributed by atoms with Crippen LogP contribution in [0.1, 0.15) is 29.0 Å². The van der Waals surface area contributed by atoms with Gasteiger partial charge in [-0.2, -0.15) is 0 Å². The maximum Gasteiger partial charge on any atom is 0.287 e. The van der Waals surface area contributed by atoms with Crippen LogP contribution in [-0.4, -0.2) is 24.4 Å². The molecule has 2 aromatic rings. The number of piperidine rings is 1. The van der Waals surface area contributed by atoms with E-state index in [4.69, 9.17) is 4.42 Å². The average Bonchev–Trinajstić information content (AvgIpc) is 2.81. The van der Waals surface area contributed by atoms with E-state index in [1.54, 1.807) is 19.1 Å². The Morgan fingerprint density at radius 2 is 2.29 bits per heavy atom. The first-order valence-electron chi connectivity index (χ1n) is 6.81. The molecule has 110 valence electrons. The van der Waals surface area contributed by atoms with Crippen molar-refractivity contribution in [2.75, 3.05) is 6.54 Å². The highest BCUT2D eigenvalue weighted by Gasteiger charge is 2.24. The van der Waals surface area contributed by atoms with E-state index in [-0.39, 0.29) is 29.2 Å². The number of furan rings is 1. The summed E-state index contributed by atoms with van der Waals surface area (Å²) in [5.74, 6) is -0.765. The molecule has 0 saturated carbocycles. The van der Waals surface area contributed by atoms with Gasteiger partial charge in [-0.15, -0.1) is 0 Å². The Morgan fingerprint density at radius 3 is 2.95 bits per heavy atom. The molecule has 2 amide bonds. The molecule has 21 heavy (non-hydrogen) atoms. The van der Waals surface area contributed by atoms with Crippen LogP contribution < -0.4 is 10.6 Å². The molecule has 1 aliphatic heterocycles. The summed E-state index contributed by atoms with van der Waals surface area (Å²) in [7, 11) is 0. The fourth-order valence-electron chi connectivity index (χ4n) is 2.53. The normalized spacial score (nSPS) is 18.6. The van der Waals surface area contributed by atoms with Crippen molar-refractivity contribution in [2.24, 2.45) is 0 Å². The Kier molecular flexibility index (Phi) is 3.37. The molecule has 0 bridgehead atoms. The number of hydrogen-bond acceptors (Lipinski definition) is 3. The predicted molar refractivity (Wildman–Crippen MR) is 74.4 cm³/mol. The van der Waals surface area contributed by atoms with Gasteiger partial charge in [-0.3, -0.25) is 9.59 Å². The third-order valence-corrected chi connectivity index (χ3v) is 3.72. The highest BCUT2D eigenvalue weighted by atomic mass is 19.1. The second kappa shape index (κ2) is 5.20. The number of hydrogen-bond donors (Lipinski definition) is 2. The third-order valence-electron chi connectivity index (χ3n) is 3.72. The van der Waals surface area contributed by atoms with Gasteiger partial charge in [-0.05, 0) is 19.4 Å². The molecule has 0 spiro atoms. The van der Waals surface area contributed by atoms with Crippen LogP contribution in [0.15, 0.2) is 22.6 Å². The SMILES string of the molecule is Cc1c(C(=O)NC2CCC(=O)NC2)oc2c(F)cccc12. The van der Waals surface area contributed by atoms with Gasteiger partial charge in [0.05, 0.1) is 0 Å². The van der Waals surface area contributed by atoms with E-state index >= 15 is 0 Å². The third kappa shape index (κ3) is 2.49. The van der Waals surface area contributed by atoms with E-state index in [1.165, 1.54) is 6.07 Å². The fourth-order valence-corrected chi connectivity index (χ4v) is 2.53. The Balaban J connectivity index is 1.83. The summed E-state index contributed by atoms with van der Waals surface area (Å²) in [5.41, 5.74) is 0.707. The van der Waals surface area contributed by atoms with E-state index < -0.39 is 5.82 Å². The smallest absolute Gasteiger partial charge is 0.287 e. The summed E-state index contributed by atoms with van der Waals surface area (Å²) in [6, 6.07) is 4.46. The molecule has 1 aliphatic rings. The van der Waals surface area contributed by atoms with Crippen molar-refractivity contribution in [3.63, 3.8) is 0 Å². The van der Waals surface area contributed by atoms with Gasteiger partial charge < -0.3 is 15.1 Å². The van der Waals surface area contributed by atoms with Crippen LogP contribution in [-0.2, 0) is 4.79 Å². The second-order valence-electron chi connectivity index (χ2n) is 5.19. The van der Waals surface area contributed by atoms with Crippen LogP contribution in [0.3, 0.4) is 0 Å². The molecule has 1 atom stereocenters. The maximum absolute atomic E-state index is 13.7. The van der Waals surface area contributed by atoms with Crippen molar-refractivity contribution >= 4 is 22.8 Å². The standard InChI is InChI=1S/C15H15FN2O3/c1-8-10-3-2-4-11(16)14(10)21-13(8)15(20)18-9-5-6-12(19)17-7-9/h2-4,9H,5-7H2,1H3,(H,17,19)(H,18,20). The fraction of sp³-hybridized carbons (Fsp3) is 0.333. The topological polar surface area (TPSA) is 71.3 Å². The van der Waals surface area contributed by atoms with E-state index in [0.717, 1.165) is 0 Å². The summed E-state index contributed by atoms with van der Waals surface area (Å²) >= 11 is 0. The Hall–Kier alpha value is -2.37. The number of carbonyl (C=O) groups excluding carboxylic acids is 2. The van der Waals surface area contributed by atoms with Crippen molar-refractivity contribution in [1.82, 2.24) is 10.6 Å². The average molecular weight is 290 g/mol. The molecular weight excluding hydrogens is 275 g/mol. The van der Waals surface area contributed by atoms with Crippen LogP contribution in [0.25, 0.3) is 11.0 Å². The molecular formula is C15H15FN2O3. The minimum absolute atomic E-state index is 0.0116. The quantitative estimate of drug-likeness (QED) is 0.887. The number of rotatable bonds is 2. The Bertz CT molecular complexity index is 713. The van der Waals surface area contributed by atoms with E-state index in [1.807, 2.05) is 0 Å². The van der Waals surface area contributed by atoms with Gasteiger partial charge in [-0.25, -0.2) is 4.39 Å². The molecule has 1 aromatic carbocycles. The number of amides is 2. The van der Waals surface area contributed by atoms with Gasteiger partial charge in [0.1, 0.15) is 0 Å². The van der Waals surface area contributed by atoms with Crippen LogP contribution in [0, 0.1) is 12.7 Å². The van der Waals surface area contributed by atoms with Gasteiger partial charge in [0.25, 0.3) is 5.91 Å². The summed E-state index contributed by atoms with van der Waals surface area (Å²) in [4.78, 5) is 23.3. The molecule has 0 aliphatic carbocycles. The summed E-state index contributed by atoms with van der Waals surface area (Å²) in [5, 5.41) is 6.10. The Morgan fingerprint density at radius 1 is 1.48 bits per heavy atom. The monoisotopic (exact) mass is 290 g/mol. The van der Waals surface area contributed by atoms with E-state index in [0.29, 0.717) is 30.3 Å². The predicted octanol–water partition coefficient (Wildman–Crippen LogP) is 1.89. The molecule has 1 unspecified atom stereocenters. The van der Waals surface area contributed by atoms with Crippen LogP contribution in [0.4, 0.5) is 4.39 Å². The van der Waals surface area contributed by atoms with Crippen LogP contribution in [0.5, 0.6) is 0 Å². The molecule has 6 heteroatoms. The highest BCUT2D eigenvalue weighted by molar-refractivity contribution is 5.99. The number of aryl methyl sites for hydroxylation is 1. The van der Waals surface area contributed by atoms with Crippen molar-refractivity contribution in [3.8, 4) is 0 Å². The van der Waals surface area contributed by atoms with Crippen LogP contribution >= 0.6 is 0 Å². The number of fused-ring (bicyclic) bond motifs is 1. The molecule has 5 nitrogen and oxygen atoms in total.